The molecule has 1 aromatic rings. The third-order valence-corrected chi connectivity index (χ3v) is 4.94. The zero-order chi connectivity index (χ0) is 15.9. The number of hydrogen-bond donors (Lipinski definition) is 2. The highest BCUT2D eigenvalue weighted by Gasteiger charge is 2.24. The minimum Gasteiger partial charge on any atom is -0.477 e. The first kappa shape index (κ1) is 17.9. The Hall–Kier alpha value is -1.20. The van der Waals surface area contributed by atoms with Gasteiger partial charge in [0.05, 0.1) is 19.4 Å². The van der Waals surface area contributed by atoms with Gasteiger partial charge in [-0.3, -0.25) is 4.57 Å². The fourth-order valence-corrected chi connectivity index (χ4v) is 3.60. The van der Waals surface area contributed by atoms with E-state index in [0.717, 1.165) is 11.1 Å². The average Bonchev–Trinajstić information content (AvgIpc) is 2.41. The SMILES string of the molecule is CCOP(=O)(Cc1ccc(CC([NH3+])C(=O)O)cc1)OCC. The lowest BCUT2D eigenvalue weighted by atomic mass is 10.1. The predicted octanol–water partition coefficient (Wildman–Crippen LogP) is 1.69. The van der Waals surface area contributed by atoms with Crippen molar-refractivity contribution in [3.63, 3.8) is 0 Å². The molecule has 0 aliphatic heterocycles. The molecule has 0 aliphatic rings. The molecule has 0 aliphatic carbocycles. The summed E-state index contributed by atoms with van der Waals surface area (Å²) in [6.07, 6.45) is 0.575. The van der Waals surface area contributed by atoms with Gasteiger partial charge in [-0.05, 0) is 25.0 Å². The maximum Gasteiger partial charge on any atom is 0.362 e. The van der Waals surface area contributed by atoms with E-state index in [1.165, 1.54) is 0 Å². The first-order valence-corrected chi connectivity index (χ1v) is 8.64. The number of aliphatic carboxylic acids is 1. The van der Waals surface area contributed by atoms with Crippen molar-refractivity contribution < 1.29 is 29.2 Å². The van der Waals surface area contributed by atoms with Gasteiger partial charge in [0, 0.05) is 6.42 Å². The van der Waals surface area contributed by atoms with Gasteiger partial charge in [0.2, 0.25) is 0 Å². The van der Waals surface area contributed by atoms with Crippen LogP contribution in [-0.2, 0) is 31.0 Å². The van der Waals surface area contributed by atoms with Gasteiger partial charge in [0.15, 0.2) is 6.04 Å². The summed E-state index contributed by atoms with van der Waals surface area (Å²) < 4.78 is 22.9. The first-order chi connectivity index (χ1) is 9.90. The minimum atomic E-state index is -3.11. The van der Waals surface area contributed by atoms with Gasteiger partial charge in [-0.1, -0.05) is 24.3 Å². The summed E-state index contributed by atoms with van der Waals surface area (Å²) in [5.74, 6) is -0.920. The van der Waals surface area contributed by atoms with Gasteiger partial charge in [-0.25, -0.2) is 4.79 Å². The van der Waals surface area contributed by atoms with E-state index >= 15 is 0 Å². The van der Waals surface area contributed by atoms with E-state index in [2.05, 4.69) is 5.73 Å². The highest BCUT2D eigenvalue weighted by Crippen LogP contribution is 2.51. The van der Waals surface area contributed by atoms with Crippen LogP contribution >= 0.6 is 7.60 Å². The van der Waals surface area contributed by atoms with Crippen LogP contribution in [-0.4, -0.2) is 30.3 Å². The van der Waals surface area contributed by atoms with Crippen molar-refractivity contribution in [2.24, 2.45) is 0 Å². The summed E-state index contributed by atoms with van der Waals surface area (Å²) in [5.41, 5.74) is 5.29. The Balaban J connectivity index is 2.73. The van der Waals surface area contributed by atoms with Crippen molar-refractivity contribution in [3.05, 3.63) is 35.4 Å². The van der Waals surface area contributed by atoms with Crippen LogP contribution in [0.1, 0.15) is 25.0 Å². The molecular weight excluding hydrogens is 293 g/mol. The van der Waals surface area contributed by atoms with Crippen molar-refractivity contribution in [1.82, 2.24) is 0 Å². The second kappa shape index (κ2) is 8.29. The lowest BCUT2D eigenvalue weighted by Crippen LogP contribution is -2.65. The lowest BCUT2D eigenvalue weighted by Gasteiger charge is -2.17. The largest absolute Gasteiger partial charge is 0.477 e. The Morgan fingerprint density at radius 1 is 1.19 bits per heavy atom. The zero-order valence-corrected chi connectivity index (χ0v) is 13.3. The molecule has 1 aromatic carbocycles. The summed E-state index contributed by atoms with van der Waals surface area (Å²) in [6.45, 7) is 4.21. The molecule has 1 atom stereocenters. The predicted molar refractivity (Wildman–Crippen MR) is 79.0 cm³/mol. The molecular formula is C14H23NO5P+. The van der Waals surface area contributed by atoms with Crippen LogP contribution in [0, 0.1) is 0 Å². The third kappa shape index (κ3) is 5.98. The van der Waals surface area contributed by atoms with Gasteiger partial charge < -0.3 is 19.9 Å². The van der Waals surface area contributed by atoms with Crippen molar-refractivity contribution in [1.29, 1.82) is 0 Å². The first-order valence-electron chi connectivity index (χ1n) is 6.92. The van der Waals surface area contributed by atoms with Crippen LogP contribution in [0.25, 0.3) is 0 Å². The summed E-state index contributed by atoms with van der Waals surface area (Å²) >= 11 is 0. The van der Waals surface area contributed by atoms with E-state index in [0.29, 0.717) is 19.6 Å². The third-order valence-electron chi connectivity index (χ3n) is 2.88. The molecule has 118 valence electrons. The lowest BCUT2D eigenvalue weighted by molar-refractivity contribution is -0.407. The number of benzene rings is 1. The van der Waals surface area contributed by atoms with Gasteiger partial charge in [-0.2, -0.15) is 0 Å². The zero-order valence-electron chi connectivity index (χ0n) is 12.4. The molecule has 0 saturated carbocycles. The molecule has 0 heterocycles. The highest BCUT2D eigenvalue weighted by molar-refractivity contribution is 7.53. The maximum atomic E-state index is 12.4. The Morgan fingerprint density at radius 3 is 2.10 bits per heavy atom. The van der Waals surface area contributed by atoms with E-state index in [-0.39, 0.29) is 6.16 Å². The second-order valence-electron chi connectivity index (χ2n) is 4.66. The second-order valence-corrected chi connectivity index (χ2v) is 6.71. The number of quaternary nitrogens is 1. The van der Waals surface area contributed by atoms with E-state index in [4.69, 9.17) is 14.2 Å². The Morgan fingerprint density at radius 2 is 1.67 bits per heavy atom. The van der Waals surface area contributed by atoms with Crippen LogP contribution in [0.4, 0.5) is 0 Å². The standard InChI is InChI=1S/C14H22NO5P/c1-3-19-21(18,20-4-2)10-12-7-5-11(6-8-12)9-13(15)14(16)17/h5-8,13H,3-4,9-10,15H2,1-2H3,(H,16,17)/p+1. The van der Waals surface area contributed by atoms with E-state index in [1.54, 1.807) is 13.8 Å². The van der Waals surface area contributed by atoms with Crippen molar-refractivity contribution in [2.45, 2.75) is 32.5 Å². The quantitative estimate of drug-likeness (QED) is 0.675. The Labute approximate surface area is 124 Å². The van der Waals surface area contributed by atoms with Crippen molar-refractivity contribution in [3.8, 4) is 0 Å². The average molecular weight is 316 g/mol. The van der Waals surface area contributed by atoms with Crippen LogP contribution in [0.2, 0.25) is 0 Å². The summed E-state index contributed by atoms with van der Waals surface area (Å²) in [7, 11) is -3.11. The van der Waals surface area contributed by atoms with Gasteiger partial charge in [0.25, 0.3) is 0 Å². The van der Waals surface area contributed by atoms with Crippen LogP contribution in [0.5, 0.6) is 0 Å². The monoisotopic (exact) mass is 316 g/mol. The fraction of sp³-hybridized carbons (Fsp3) is 0.500. The molecule has 6 nitrogen and oxygen atoms in total. The molecule has 4 N–H and O–H groups in total. The fourth-order valence-electron chi connectivity index (χ4n) is 1.90. The molecule has 0 aromatic heterocycles. The molecule has 0 saturated heterocycles. The van der Waals surface area contributed by atoms with Crippen LogP contribution < -0.4 is 5.73 Å². The summed E-state index contributed by atoms with van der Waals surface area (Å²) in [6, 6.07) is 6.59. The number of carboxylic acid groups (broad SMARTS) is 1. The van der Waals surface area contributed by atoms with E-state index in [9.17, 15) is 9.36 Å². The minimum absolute atomic E-state index is 0.210. The smallest absolute Gasteiger partial charge is 0.362 e. The summed E-state index contributed by atoms with van der Waals surface area (Å²) in [4.78, 5) is 10.8. The van der Waals surface area contributed by atoms with Crippen molar-refractivity contribution in [2.75, 3.05) is 13.2 Å². The van der Waals surface area contributed by atoms with Gasteiger partial charge in [0.1, 0.15) is 0 Å². The van der Waals surface area contributed by atoms with Crippen molar-refractivity contribution >= 4 is 13.6 Å². The van der Waals surface area contributed by atoms with Gasteiger partial charge in [-0.15, -0.1) is 0 Å². The molecule has 0 amide bonds. The Kier molecular flexibility index (Phi) is 7.05. The Bertz CT molecular complexity index is 493. The van der Waals surface area contributed by atoms with E-state index in [1.807, 2.05) is 24.3 Å². The number of hydrogen-bond acceptors (Lipinski definition) is 4. The molecule has 0 fully saturated rings. The maximum absolute atomic E-state index is 12.4. The normalized spacial score (nSPS) is 13.1. The molecule has 7 heteroatoms. The summed E-state index contributed by atoms with van der Waals surface area (Å²) in [5, 5.41) is 8.84. The van der Waals surface area contributed by atoms with Crippen LogP contribution in [0.15, 0.2) is 24.3 Å². The van der Waals surface area contributed by atoms with E-state index < -0.39 is 19.6 Å². The molecule has 0 bridgehead atoms. The van der Waals surface area contributed by atoms with Gasteiger partial charge >= 0.3 is 13.6 Å². The molecule has 0 spiro atoms. The number of carboxylic acids is 1. The number of carbonyl (C=O) groups is 1. The molecule has 0 radical (unpaired) electrons. The molecule has 21 heavy (non-hydrogen) atoms. The molecule has 1 rings (SSSR count). The van der Waals surface area contributed by atoms with Crippen LogP contribution in [0.3, 0.4) is 0 Å². The topological polar surface area (TPSA) is 100 Å². The molecule has 1 unspecified atom stereocenters. The highest BCUT2D eigenvalue weighted by atomic mass is 31.2. The number of rotatable bonds is 9.